The molecule has 1 saturated carbocycles. The third kappa shape index (κ3) is 3.14. The number of rotatable bonds is 5. The SMILES string of the molecule is CC1=CCCN(S(=O)(=O)c2cc(CNC3CC3)cs2)C1. The summed E-state index contributed by atoms with van der Waals surface area (Å²) in [5, 5.41) is 5.37. The number of hydrogen-bond acceptors (Lipinski definition) is 4. The second-order valence-corrected chi connectivity index (χ2v) is 8.68. The molecule has 4 nitrogen and oxygen atoms in total. The lowest BCUT2D eigenvalue weighted by molar-refractivity contribution is 0.429. The van der Waals surface area contributed by atoms with Crippen molar-refractivity contribution in [2.45, 2.75) is 43.0 Å². The monoisotopic (exact) mass is 312 g/mol. The Kier molecular flexibility index (Phi) is 3.99. The maximum atomic E-state index is 12.6. The molecule has 1 aliphatic carbocycles. The summed E-state index contributed by atoms with van der Waals surface area (Å²) in [4.78, 5) is 0. The van der Waals surface area contributed by atoms with Crippen molar-refractivity contribution in [3.63, 3.8) is 0 Å². The van der Waals surface area contributed by atoms with Crippen molar-refractivity contribution in [2.75, 3.05) is 13.1 Å². The van der Waals surface area contributed by atoms with Crippen LogP contribution in [0.5, 0.6) is 0 Å². The van der Waals surface area contributed by atoms with E-state index in [1.54, 1.807) is 4.31 Å². The Morgan fingerprint density at radius 2 is 2.25 bits per heavy atom. The fraction of sp³-hybridized carbons (Fsp3) is 0.571. The van der Waals surface area contributed by atoms with E-state index in [-0.39, 0.29) is 0 Å². The Morgan fingerprint density at radius 1 is 1.45 bits per heavy atom. The Morgan fingerprint density at radius 3 is 2.95 bits per heavy atom. The van der Waals surface area contributed by atoms with E-state index in [1.165, 1.54) is 24.2 Å². The summed E-state index contributed by atoms with van der Waals surface area (Å²) in [5.41, 5.74) is 2.21. The van der Waals surface area contributed by atoms with Crippen LogP contribution in [0.4, 0.5) is 0 Å². The number of nitrogens with zero attached hydrogens (tertiary/aromatic N) is 1. The second kappa shape index (κ2) is 5.60. The number of sulfonamides is 1. The molecular weight excluding hydrogens is 292 g/mol. The normalized spacial score (nSPS) is 20.9. The van der Waals surface area contributed by atoms with Gasteiger partial charge in [-0.15, -0.1) is 11.3 Å². The molecule has 2 aliphatic rings. The van der Waals surface area contributed by atoms with E-state index in [1.807, 2.05) is 18.4 Å². The zero-order chi connectivity index (χ0) is 14.2. The van der Waals surface area contributed by atoms with E-state index in [9.17, 15) is 8.42 Å². The minimum atomic E-state index is -3.31. The zero-order valence-electron chi connectivity index (χ0n) is 11.6. The van der Waals surface area contributed by atoms with Crippen LogP contribution in [0.2, 0.25) is 0 Å². The summed E-state index contributed by atoms with van der Waals surface area (Å²) >= 11 is 1.33. The van der Waals surface area contributed by atoms with Gasteiger partial charge in [0.05, 0.1) is 0 Å². The molecule has 0 amide bonds. The summed E-state index contributed by atoms with van der Waals surface area (Å²) < 4.78 is 27.2. The van der Waals surface area contributed by atoms with Crippen molar-refractivity contribution in [2.24, 2.45) is 0 Å². The van der Waals surface area contributed by atoms with Crippen LogP contribution in [0.1, 0.15) is 31.7 Å². The first-order chi connectivity index (χ1) is 9.55. The summed E-state index contributed by atoms with van der Waals surface area (Å²) in [7, 11) is -3.31. The molecule has 1 fully saturated rings. The van der Waals surface area contributed by atoms with Crippen LogP contribution in [0.25, 0.3) is 0 Å². The topological polar surface area (TPSA) is 49.4 Å². The molecule has 110 valence electrons. The lowest BCUT2D eigenvalue weighted by Crippen LogP contribution is -2.35. The van der Waals surface area contributed by atoms with Gasteiger partial charge in [-0.3, -0.25) is 0 Å². The molecule has 0 radical (unpaired) electrons. The summed E-state index contributed by atoms with van der Waals surface area (Å²) in [5.74, 6) is 0. The van der Waals surface area contributed by atoms with Gasteiger partial charge in [0.2, 0.25) is 0 Å². The average Bonchev–Trinajstić information content (AvgIpc) is 3.12. The van der Waals surface area contributed by atoms with E-state index in [0.29, 0.717) is 23.3 Å². The molecule has 2 heterocycles. The highest BCUT2D eigenvalue weighted by Gasteiger charge is 2.27. The van der Waals surface area contributed by atoms with E-state index < -0.39 is 10.0 Å². The Labute approximate surface area is 124 Å². The van der Waals surface area contributed by atoms with Gasteiger partial charge >= 0.3 is 0 Å². The first-order valence-electron chi connectivity index (χ1n) is 7.02. The van der Waals surface area contributed by atoms with Crippen LogP contribution in [0.3, 0.4) is 0 Å². The smallest absolute Gasteiger partial charge is 0.252 e. The molecular formula is C14H20N2O2S2. The van der Waals surface area contributed by atoms with Crippen LogP contribution in [0, 0.1) is 0 Å². The van der Waals surface area contributed by atoms with Crippen LogP contribution in [-0.4, -0.2) is 31.9 Å². The van der Waals surface area contributed by atoms with Crippen LogP contribution in [0.15, 0.2) is 27.3 Å². The standard InChI is InChI=1S/C14H20N2O2S2/c1-11-3-2-6-16(9-11)20(17,18)14-7-12(10-19-14)8-15-13-4-5-13/h3,7,10,13,15H,2,4-6,8-9H2,1H3. The van der Waals surface area contributed by atoms with Crippen molar-refractivity contribution in [1.82, 2.24) is 9.62 Å². The van der Waals surface area contributed by atoms with Gasteiger partial charge in [-0.2, -0.15) is 4.31 Å². The number of nitrogens with one attached hydrogen (secondary N) is 1. The van der Waals surface area contributed by atoms with Crippen LogP contribution >= 0.6 is 11.3 Å². The molecule has 0 bridgehead atoms. The number of hydrogen-bond donors (Lipinski definition) is 1. The van der Waals surface area contributed by atoms with Crippen molar-refractivity contribution in [3.05, 3.63) is 28.7 Å². The molecule has 6 heteroatoms. The minimum absolute atomic E-state index is 0.472. The molecule has 0 atom stereocenters. The molecule has 0 saturated heterocycles. The molecule has 1 aromatic heterocycles. The van der Waals surface area contributed by atoms with Gasteiger partial charge in [0.25, 0.3) is 10.0 Å². The summed E-state index contributed by atoms with van der Waals surface area (Å²) in [6.07, 6.45) is 5.42. The molecule has 1 N–H and O–H groups in total. The Balaban J connectivity index is 1.71. The quantitative estimate of drug-likeness (QED) is 0.849. The van der Waals surface area contributed by atoms with E-state index >= 15 is 0 Å². The van der Waals surface area contributed by atoms with E-state index in [0.717, 1.165) is 24.1 Å². The molecule has 0 aromatic carbocycles. The highest BCUT2D eigenvalue weighted by molar-refractivity contribution is 7.91. The van der Waals surface area contributed by atoms with Gasteiger partial charge < -0.3 is 5.32 Å². The van der Waals surface area contributed by atoms with Gasteiger partial charge in [-0.05, 0) is 43.2 Å². The van der Waals surface area contributed by atoms with Crippen LogP contribution in [-0.2, 0) is 16.6 Å². The fourth-order valence-corrected chi connectivity index (χ4v) is 5.20. The molecule has 0 unspecified atom stereocenters. The van der Waals surface area contributed by atoms with Crippen molar-refractivity contribution in [1.29, 1.82) is 0 Å². The van der Waals surface area contributed by atoms with Crippen molar-refractivity contribution >= 4 is 21.4 Å². The van der Waals surface area contributed by atoms with Gasteiger partial charge in [0.1, 0.15) is 4.21 Å². The minimum Gasteiger partial charge on any atom is -0.310 e. The maximum absolute atomic E-state index is 12.6. The van der Waals surface area contributed by atoms with Crippen LogP contribution < -0.4 is 5.32 Å². The van der Waals surface area contributed by atoms with Crippen molar-refractivity contribution < 1.29 is 8.42 Å². The molecule has 1 aliphatic heterocycles. The van der Waals surface area contributed by atoms with E-state index in [2.05, 4.69) is 11.4 Å². The van der Waals surface area contributed by atoms with Gasteiger partial charge in [0.15, 0.2) is 0 Å². The average molecular weight is 312 g/mol. The largest absolute Gasteiger partial charge is 0.310 e. The molecule has 1 aromatic rings. The second-order valence-electron chi connectivity index (χ2n) is 5.61. The van der Waals surface area contributed by atoms with Gasteiger partial charge in [-0.25, -0.2) is 8.42 Å². The number of thiophene rings is 1. The third-order valence-electron chi connectivity index (χ3n) is 3.69. The molecule has 20 heavy (non-hydrogen) atoms. The maximum Gasteiger partial charge on any atom is 0.252 e. The molecule has 0 spiro atoms. The first kappa shape index (κ1) is 14.3. The lowest BCUT2D eigenvalue weighted by atomic mass is 10.2. The first-order valence-corrected chi connectivity index (χ1v) is 9.34. The third-order valence-corrected chi connectivity index (χ3v) is 7.00. The summed E-state index contributed by atoms with van der Waals surface area (Å²) in [6.45, 7) is 3.87. The Hall–Kier alpha value is -0.690. The lowest BCUT2D eigenvalue weighted by Gasteiger charge is -2.24. The Bertz CT molecular complexity index is 615. The predicted molar refractivity (Wildman–Crippen MR) is 81.3 cm³/mol. The molecule has 3 rings (SSSR count). The summed E-state index contributed by atoms with van der Waals surface area (Å²) in [6, 6.07) is 2.47. The highest BCUT2D eigenvalue weighted by Crippen LogP contribution is 2.27. The zero-order valence-corrected chi connectivity index (χ0v) is 13.3. The highest BCUT2D eigenvalue weighted by atomic mass is 32.2. The fourth-order valence-electron chi connectivity index (χ4n) is 2.34. The van der Waals surface area contributed by atoms with Gasteiger partial charge in [-0.1, -0.05) is 11.6 Å². The van der Waals surface area contributed by atoms with E-state index in [4.69, 9.17) is 0 Å². The predicted octanol–water partition coefficient (Wildman–Crippen LogP) is 2.34. The van der Waals surface area contributed by atoms with Gasteiger partial charge in [0, 0.05) is 25.7 Å². The van der Waals surface area contributed by atoms with Crippen molar-refractivity contribution in [3.8, 4) is 0 Å².